The molecule has 0 aliphatic carbocycles. The van der Waals surface area contributed by atoms with Crippen molar-refractivity contribution < 1.29 is 24.2 Å². The summed E-state index contributed by atoms with van der Waals surface area (Å²) in [5.74, 6) is -1.25. The fourth-order valence-corrected chi connectivity index (χ4v) is 2.37. The Bertz CT molecular complexity index is 386. The third-order valence-electron chi connectivity index (χ3n) is 3.70. The van der Waals surface area contributed by atoms with Crippen molar-refractivity contribution in [2.75, 3.05) is 26.7 Å². The number of urea groups is 1. The predicted molar refractivity (Wildman–Crippen MR) is 75.7 cm³/mol. The van der Waals surface area contributed by atoms with E-state index >= 15 is 0 Å². The summed E-state index contributed by atoms with van der Waals surface area (Å²) in [7, 11) is 1.35. The SMILES string of the molecule is COC(=O)C1CCCN(C(=O)NCC(C)CCC(=O)O)C1. The number of rotatable bonds is 6. The predicted octanol–water partition coefficient (Wildman–Crippen LogP) is 1.08. The first kappa shape index (κ1) is 17.3. The number of carbonyl (C=O) groups excluding carboxylic acids is 2. The molecule has 0 saturated carbocycles. The molecule has 0 aromatic heterocycles. The van der Waals surface area contributed by atoms with Crippen molar-refractivity contribution in [2.45, 2.75) is 32.6 Å². The molecule has 21 heavy (non-hydrogen) atoms. The Kier molecular flexibility index (Phi) is 6.98. The standard InChI is InChI=1S/C14H24N2O5/c1-10(5-6-12(17)18)8-15-14(20)16-7-3-4-11(9-16)13(19)21-2/h10-11H,3-9H2,1-2H3,(H,15,20)(H,17,18). The summed E-state index contributed by atoms with van der Waals surface area (Å²) < 4.78 is 4.72. The molecule has 0 spiro atoms. The number of nitrogens with one attached hydrogen (secondary N) is 1. The van der Waals surface area contributed by atoms with Crippen molar-refractivity contribution >= 4 is 18.0 Å². The number of hydrogen-bond donors (Lipinski definition) is 2. The number of ether oxygens (including phenoxy) is 1. The summed E-state index contributed by atoms with van der Waals surface area (Å²) in [5, 5.41) is 11.4. The lowest BCUT2D eigenvalue weighted by Crippen LogP contribution is -2.48. The molecule has 2 unspecified atom stereocenters. The molecule has 0 bridgehead atoms. The number of hydrogen-bond acceptors (Lipinski definition) is 4. The van der Waals surface area contributed by atoms with Gasteiger partial charge in [0.25, 0.3) is 0 Å². The highest BCUT2D eigenvalue weighted by molar-refractivity contribution is 5.77. The number of likely N-dealkylation sites (tertiary alicyclic amines) is 1. The van der Waals surface area contributed by atoms with Crippen molar-refractivity contribution in [3.63, 3.8) is 0 Å². The highest BCUT2D eigenvalue weighted by Crippen LogP contribution is 2.17. The minimum Gasteiger partial charge on any atom is -0.481 e. The number of esters is 1. The van der Waals surface area contributed by atoms with Crippen LogP contribution in [0.2, 0.25) is 0 Å². The molecule has 1 heterocycles. The second-order valence-corrected chi connectivity index (χ2v) is 5.53. The molecule has 0 aromatic rings. The molecule has 7 nitrogen and oxygen atoms in total. The summed E-state index contributed by atoms with van der Waals surface area (Å²) in [6.07, 6.45) is 2.15. The molecule has 1 fully saturated rings. The zero-order chi connectivity index (χ0) is 15.8. The Labute approximate surface area is 124 Å². The number of methoxy groups -OCH3 is 1. The third-order valence-corrected chi connectivity index (χ3v) is 3.70. The van der Waals surface area contributed by atoms with Crippen LogP contribution in [0.15, 0.2) is 0 Å². The van der Waals surface area contributed by atoms with Gasteiger partial charge in [0.2, 0.25) is 0 Å². The van der Waals surface area contributed by atoms with Crippen molar-refractivity contribution in [2.24, 2.45) is 11.8 Å². The normalized spacial score (nSPS) is 19.7. The van der Waals surface area contributed by atoms with Crippen LogP contribution in [-0.4, -0.2) is 54.7 Å². The number of aliphatic carboxylic acids is 1. The summed E-state index contributed by atoms with van der Waals surface area (Å²) in [6.45, 7) is 3.34. The number of nitrogens with zero attached hydrogens (tertiary/aromatic N) is 1. The Morgan fingerprint density at radius 2 is 2.14 bits per heavy atom. The first-order valence-corrected chi connectivity index (χ1v) is 7.26. The van der Waals surface area contributed by atoms with E-state index in [-0.39, 0.29) is 30.3 Å². The van der Waals surface area contributed by atoms with Gasteiger partial charge in [-0.25, -0.2) is 4.79 Å². The van der Waals surface area contributed by atoms with E-state index in [2.05, 4.69) is 5.32 Å². The number of carboxylic acid groups (broad SMARTS) is 1. The van der Waals surface area contributed by atoms with Gasteiger partial charge in [-0.1, -0.05) is 6.92 Å². The largest absolute Gasteiger partial charge is 0.481 e. The molecular formula is C14H24N2O5. The van der Waals surface area contributed by atoms with E-state index in [1.807, 2.05) is 6.92 Å². The van der Waals surface area contributed by atoms with Gasteiger partial charge in [0.1, 0.15) is 0 Å². The van der Waals surface area contributed by atoms with Crippen molar-refractivity contribution in [3.05, 3.63) is 0 Å². The van der Waals surface area contributed by atoms with Crippen LogP contribution in [0.25, 0.3) is 0 Å². The van der Waals surface area contributed by atoms with E-state index in [9.17, 15) is 14.4 Å². The molecule has 1 aliphatic rings. The topological polar surface area (TPSA) is 95.9 Å². The van der Waals surface area contributed by atoms with Gasteiger partial charge in [0, 0.05) is 26.1 Å². The van der Waals surface area contributed by atoms with E-state index in [0.29, 0.717) is 26.1 Å². The second-order valence-electron chi connectivity index (χ2n) is 5.53. The van der Waals surface area contributed by atoms with Crippen molar-refractivity contribution in [3.8, 4) is 0 Å². The van der Waals surface area contributed by atoms with Crippen LogP contribution in [0.4, 0.5) is 4.79 Å². The van der Waals surface area contributed by atoms with E-state index in [1.54, 1.807) is 4.90 Å². The van der Waals surface area contributed by atoms with E-state index in [4.69, 9.17) is 9.84 Å². The summed E-state index contributed by atoms with van der Waals surface area (Å²) in [4.78, 5) is 35.7. The number of carbonyl (C=O) groups is 3. The molecule has 1 aliphatic heterocycles. The van der Waals surface area contributed by atoms with E-state index in [0.717, 1.165) is 12.8 Å². The monoisotopic (exact) mass is 300 g/mol. The highest BCUT2D eigenvalue weighted by Gasteiger charge is 2.28. The van der Waals surface area contributed by atoms with Gasteiger partial charge in [0.05, 0.1) is 13.0 Å². The maximum absolute atomic E-state index is 12.0. The Balaban J connectivity index is 2.34. The summed E-state index contributed by atoms with van der Waals surface area (Å²) >= 11 is 0. The van der Waals surface area contributed by atoms with Gasteiger partial charge in [-0.15, -0.1) is 0 Å². The minimum atomic E-state index is -0.829. The van der Waals surface area contributed by atoms with E-state index in [1.165, 1.54) is 7.11 Å². The van der Waals surface area contributed by atoms with Crippen LogP contribution in [0, 0.1) is 11.8 Å². The molecular weight excluding hydrogens is 276 g/mol. The molecule has 120 valence electrons. The van der Waals surface area contributed by atoms with Crippen molar-refractivity contribution in [1.82, 2.24) is 10.2 Å². The van der Waals surface area contributed by atoms with Crippen LogP contribution < -0.4 is 5.32 Å². The van der Waals surface area contributed by atoms with Gasteiger partial charge in [-0.3, -0.25) is 9.59 Å². The maximum Gasteiger partial charge on any atom is 0.317 e. The molecule has 0 radical (unpaired) electrons. The fourth-order valence-electron chi connectivity index (χ4n) is 2.37. The average Bonchev–Trinajstić information content (AvgIpc) is 2.49. The van der Waals surface area contributed by atoms with Gasteiger partial charge in [0.15, 0.2) is 0 Å². The molecule has 2 amide bonds. The summed E-state index contributed by atoms with van der Waals surface area (Å²) in [5.41, 5.74) is 0. The quantitative estimate of drug-likeness (QED) is 0.716. The van der Waals surface area contributed by atoms with Crippen LogP contribution in [0.1, 0.15) is 32.6 Å². The fraction of sp³-hybridized carbons (Fsp3) is 0.786. The van der Waals surface area contributed by atoms with Crippen LogP contribution in [-0.2, 0) is 14.3 Å². The molecule has 1 saturated heterocycles. The third kappa shape index (κ3) is 6.01. The smallest absolute Gasteiger partial charge is 0.317 e. The van der Waals surface area contributed by atoms with Gasteiger partial charge in [-0.05, 0) is 25.2 Å². The number of amides is 2. The van der Waals surface area contributed by atoms with Gasteiger partial charge < -0.3 is 20.1 Å². The molecule has 2 atom stereocenters. The minimum absolute atomic E-state index is 0.102. The maximum atomic E-state index is 12.0. The zero-order valence-corrected chi connectivity index (χ0v) is 12.6. The molecule has 1 rings (SSSR count). The molecule has 7 heteroatoms. The van der Waals surface area contributed by atoms with Crippen molar-refractivity contribution in [1.29, 1.82) is 0 Å². The van der Waals surface area contributed by atoms with Crippen LogP contribution in [0.3, 0.4) is 0 Å². The molecule has 2 N–H and O–H groups in total. The molecule has 0 aromatic carbocycles. The lowest BCUT2D eigenvalue weighted by molar-refractivity contribution is -0.146. The first-order chi connectivity index (χ1) is 9.93. The Morgan fingerprint density at radius 3 is 2.76 bits per heavy atom. The highest BCUT2D eigenvalue weighted by atomic mass is 16.5. The Morgan fingerprint density at radius 1 is 1.43 bits per heavy atom. The van der Waals surface area contributed by atoms with Crippen LogP contribution >= 0.6 is 0 Å². The second kappa shape index (κ2) is 8.49. The van der Waals surface area contributed by atoms with E-state index < -0.39 is 5.97 Å². The zero-order valence-electron chi connectivity index (χ0n) is 12.6. The summed E-state index contributed by atoms with van der Waals surface area (Å²) in [6, 6.07) is -0.203. The van der Waals surface area contributed by atoms with Gasteiger partial charge >= 0.3 is 18.0 Å². The average molecular weight is 300 g/mol. The number of piperidine rings is 1. The van der Waals surface area contributed by atoms with Gasteiger partial charge in [-0.2, -0.15) is 0 Å². The first-order valence-electron chi connectivity index (χ1n) is 7.26. The Hall–Kier alpha value is -1.79. The number of carboxylic acids is 1. The van der Waals surface area contributed by atoms with Crippen LogP contribution in [0.5, 0.6) is 0 Å². The lowest BCUT2D eigenvalue weighted by Gasteiger charge is -2.31. The lowest BCUT2D eigenvalue weighted by atomic mass is 9.98.